The lowest BCUT2D eigenvalue weighted by Gasteiger charge is -2.20. The van der Waals surface area contributed by atoms with Crippen LogP contribution in [0.5, 0.6) is 0 Å². The Labute approximate surface area is 98.1 Å². The summed E-state index contributed by atoms with van der Waals surface area (Å²) in [5, 5.41) is 3.41. The van der Waals surface area contributed by atoms with Crippen molar-refractivity contribution in [3.8, 4) is 0 Å². The molecule has 0 spiro atoms. The van der Waals surface area contributed by atoms with E-state index in [1.165, 1.54) is 0 Å². The van der Waals surface area contributed by atoms with Crippen molar-refractivity contribution in [1.29, 1.82) is 0 Å². The standard InChI is InChI=1S/C12H22N4/c1-6-16(5)11-13-7-10(8-14-11)9-15-12(2,3)4/h7-8,15H,6,9H2,1-5H3. The molecule has 1 heterocycles. The second-order valence-electron chi connectivity index (χ2n) is 5.01. The Kier molecular flexibility index (Phi) is 4.24. The normalized spacial score (nSPS) is 11.6. The molecule has 0 unspecified atom stereocenters. The average molecular weight is 222 g/mol. The van der Waals surface area contributed by atoms with Crippen LogP contribution in [0, 0.1) is 0 Å². The first-order chi connectivity index (χ1) is 7.42. The van der Waals surface area contributed by atoms with Gasteiger partial charge in [-0.3, -0.25) is 0 Å². The highest BCUT2D eigenvalue weighted by Gasteiger charge is 2.09. The second kappa shape index (κ2) is 5.25. The number of hydrogen-bond donors (Lipinski definition) is 1. The van der Waals surface area contributed by atoms with E-state index >= 15 is 0 Å². The summed E-state index contributed by atoms with van der Waals surface area (Å²) < 4.78 is 0. The number of nitrogens with zero attached hydrogens (tertiary/aromatic N) is 3. The molecular weight excluding hydrogens is 200 g/mol. The predicted octanol–water partition coefficient (Wildman–Crippen LogP) is 1.82. The molecule has 1 rings (SSSR count). The molecule has 16 heavy (non-hydrogen) atoms. The molecule has 0 aliphatic carbocycles. The van der Waals surface area contributed by atoms with Crippen LogP contribution in [-0.4, -0.2) is 29.1 Å². The molecule has 1 aromatic heterocycles. The SMILES string of the molecule is CCN(C)c1ncc(CNC(C)(C)C)cn1. The van der Waals surface area contributed by atoms with Crippen molar-refractivity contribution in [1.82, 2.24) is 15.3 Å². The molecule has 4 nitrogen and oxygen atoms in total. The summed E-state index contributed by atoms with van der Waals surface area (Å²) in [4.78, 5) is 10.7. The summed E-state index contributed by atoms with van der Waals surface area (Å²) >= 11 is 0. The van der Waals surface area contributed by atoms with Crippen LogP contribution in [0.4, 0.5) is 5.95 Å². The minimum Gasteiger partial charge on any atom is -0.344 e. The van der Waals surface area contributed by atoms with Gasteiger partial charge in [0, 0.05) is 43.6 Å². The van der Waals surface area contributed by atoms with Crippen LogP contribution >= 0.6 is 0 Å². The maximum atomic E-state index is 4.32. The van der Waals surface area contributed by atoms with E-state index in [1.54, 1.807) is 0 Å². The summed E-state index contributed by atoms with van der Waals surface area (Å²) in [5.74, 6) is 0.780. The third-order valence-corrected chi connectivity index (χ3v) is 2.33. The Bertz CT molecular complexity index is 313. The molecule has 0 aromatic carbocycles. The molecule has 1 N–H and O–H groups in total. The molecule has 0 saturated heterocycles. The van der Waals surface area contributed by atoms with Gasteiger partial charge in [0.25, 0.3) is 0 Å². The van der Waals surface area contributed by atoms with Gasteiger partial charge < -0.3 is 10.2 Å². The van der Waals surface area contributed by atoms with Gasteiger partial charge in [-0.2, -0.15) is 0 Å². The number of nitrogens with one attached hydrogen (secondary N) is 1. The van der Waals surface area contributed by atoms with Crippen LogP contribution in [0.3, 0.4) is 0 Å². The summed E-state index contributed by atoms with van der Waals surface area (Å²) in [6.45, 7) is 10.2. The van der Waals surface area contributed by atoms with E-state index in [9.17, 15) is 0 Å². The quantitative estimate of drug-likeness (QED) is 0.843. The zero-order valence-electron chi connectivity index (χ0n) is 10.9. The smallest absolute Gasteiger partial charge is 0.224 e. The lowest BCUT2D eigenvalue weighted by molar-refractivity contribution is 0.423. The monoisotopic (exact) mass is 222 g/mol. The van der Waals surface area contributed by atoms with E-state index in [0.717, 1.165) is 24.6 Å². The highest BCUT2D eigenvalue weighted by Crippen LogP contribution is 2.06. The van der Waals surface area contributed by atoms with E-state index < -0.39 is 0 Å². The van der Waals surface area contributed by atoms with Gasteiger partial charge in [0.2, 0.25) is 5.95 Å². The van der Waals surface area contributed by atoms with E-state index in [4.69, 9.17) is 0 Å². The van der Waals surface area contributed by atoms with E-state index in [1.807, 2.05) is 24.3 Å². The molecule has 0 radical (unpaired) electrons. The number of rotatable bonds is 4. The Morgan fingerprint density at radius 2 is 1.81 bits per heavy atom. The Morgan fingerprint density at radius 1 is 1.25 bits per heavy atom. The summed E-state index contributed by atoms with van der Waals surface area (Å²) in [7, 11) is 1.99. The molecule has 90 valence electrons. The molecule has 0 amide bonds. The largest absolute Gasteiger partial charge is 0.344 e. The fourth-order valence-corrected chi connectivity index (χ4v) is 1.15. The van der Waals surface area contributed by atoms with Crippen molar-refractivity contribution < 1.29 is 0 Å². The lowest BCUT2D eigenvalue weighted by atomic mass is 10.1. The number of anilines is 1. The van der Waals surface area contributed by atoms with Crippen LogP contribution < -0.4 is 10.2 Å². The van der Waals surface area contributed by atoms with Gasteiger partial charge >= 0.3 is 0 Å². The van der Waals surface area contributed by atoms with Crippen molar-refractivity contribution in [3.05, 3.63) is 18.0 Å². The Balaban J connectivity index is 2.58. The summed E-state index contributed by atoms with van der Waals surface area (Å²) in [5.41, 5.74) is 1.24. The summed E-state index contributed by atoms with van der Waals surface area (Å²) in [6.07, 6.45) is 3.76. The minimum atomic E-state index is 0.124. The summed E-state index contributed by atoms with van der Waals surface area (Å²) in [6, 6.07) is 0. The van der Waals surface area contributed by atoms with Gasteiger partial charge in [-0.1, -0.05) is 0 Å². The maximum Gasteiger partial charge on any atom is 0.224 e. The fraction of sp³-hybridized carbons (Fsp3) is 0.667. The predicted molar refractivity (Wildman–Crippen MR) is 67.6 cm³/mol. The lowest BCUT2D eigenvalue weighted by Crippen LogP contribution is -2.35. The molecule has 4 heteroatoms. The van der Waals surface area contributed by atoms with Crippen molar-refractivity contribution in [3.63, 3.8) is 0 Å². The van der Waals surface area contributed by atoms with Crippen molar-refractivity contribution >= 4 is 5.95 Å². The van der Waals surface area contributed by atoms with Crippen molar-refractivity contribution in [2.24, 2.45) is 0 Å². The van der Waals surface area contributed by atoms with Gasteiger partial charge in [0.05, 0.1) is 0 Å². The van der Waals surface area contributed by atoms with Crippen molar-refractivity contribution in [2.45, 2.75) is 39.8 Å². The third kappa shape index (κ3) is 4.14. The van der Waals surface area contributed by atoms with Gasteiger partial charge in [-0.05, 0) is 27.7 Å². The van der Waals surface area contributed by atoms with E-state index in [-0.39, 0.29) is 5.54 Å². The molecule has 1 aromatic rings. The number of aromatic nitrogens is 2. The molecule has 0 aliphatic heterocycles. The highest BCUT2D eigenvalue weighted by atomic mass is 15.2. The highest BCUT2D eigenvalue weighted by molar-refractivity contribution is 5.27. The van der Waals surface area contributed by atoms with E-state index in [0.29, 0.717) is 0 Å². The van der Waals surface area contributed by atoms with Gasteiger partial charge in [0.1, 0.15) is 0 Å². The molecule has 0 saturated carbocycles. The average Bonchev–Trinajstić information content (AvgIpc) is 2.25. The zero-order chi connectivity index (χ0) is 12.2. The molecule has 0 atom stereocenters. The van der Waals surface area contributed by atoms with Gasteiger partial charge in [-0.15, -0.1) is 0 Å². The van der Waals surface area contributed by atoms with Crippen molar-refractivity contribution in [2.75, 3.05) is 18.5 Å². The van der Waals surface area contributed by atoms with Crippen LogP contribution in [0.15, 0.2) is 12.4 Å². The van der Waals surface area contributed by atoms with E-state index in [2.05, 4.69) is 43.0 Å². The Morgan fingerprint density at radius 3 is 2.25 bits per heavy atom. The van der Waals surface area contributed by atoms with Gasteiger partial charge in [-0.25, -0.2) is 9.97 Å². The first kappa shape index (κ1) is 12.9. The molecule has 0 bridgehead atoms. The molecular formula is C12H22N4. The zero-order valence-corrected chi connectivity index (χ0v) is 10.9. The first-order valence-corrected chi connectivity index (χ1v) is 5.69. The molecule has 0 aliphatic rings. The maximum absolute atomic E-state index is 4.32. The fourth-order valence-electron chi connectivity index (χ4n) is 1.15. The minimum absolute atomic E-state index is 0.124. The second-order valence-corrected chi connectivity index (χ2v) is 5.01. The van der Waals surface area contributed by atoms with Crippen LogP contribution in [-0.2, 0) is 6.54 Å². The molecule has 0 fully saturated rings. The number of hydrogen-bond acceptors (Lipinski definition) is 4. The Hall–Kier alpha value is -1.16. The van der Waals surface area contributed by atoms with Crippen LogP contribution in [0.25, 0.3) is 0 Å². The van der Waals surface area contributed by atoms with Crippen LogP contribution in [0.2, 0.25) is 0 Å². The van der Waals surface area contributed by atoms with Crippen LogP contribution in [0.1, 0.15) is 33.3 Å². The third-order valence-electron chi connectivity index (χ3n) is 2.33. The first-order valence-electron chi connectivity index (χ1n) is 5.69. The topological polar surface area (TPSA) is 41.1 Å². The van der Waals surface area contributed by atoms with Gasteiger partial charge in [0.15, 0.2) is 0 Å².